The molecule has 0 atom stereocenters. The molecule has 3 aromatic carbocycles. The Hall–Kier alpha value is -2.98. The zero-order valence-corrected chi connectivity index (χ0v) is 15.1. The van der Waals surface area contributed by atoms with Crippen LogP contribution in [0.5, 0.6) is 11.5 Å². The molecule has 0 heterocycles. The molecule has 0 aliphatic heterocycles. The summed E-state index contributed by atoms with van der Waals surface area (Å²) in [6, 6.07) is 22.3. The van der Waals surface area contributed by atoms with Crippen molar-refractivity contribution >= 4 is 28.9 Å². The van der Waals surface area contributed by atoms with Crippen molar-refractivity contribution in [3.05, 3.63) is 83.4 Å². The van der Waals surface area contributed by atoms with Crippen LogP contribution in [0.3, 0.4) is 0 Å². The minimum Gasteiger partial charge on any atom is -0.455 e. The maximum atomic E-state index is 12.3. The predicted octanol–water partition coefficient (Wildman–Crippen LogP) is 5.49. The van der Waals surface area contributed by atoms with Crippen LogP contribution in [0, 0.1) is 6.92 Å². The van der Waals surface area contributed by atoms with Crippen LogP contribution in [0.4, 0.5) is 11.4 Å². The molecule has 3 aromatic rings. The summed E-state index contributed by atoms with van der Waals surface area (Å²) >= 11 is 5.95. The van der Waals surface area contributed by atoms with Crippen LogP contribution in [-0.2, 0) is 4.79 Å². The number of hydrogen-bond donors (Lipinski definition) is 2. The average molecular weight is 367 g/mol. The van der Waals surface area contributed by atoms with E-state index in [2.05, 4.69) is 10.6 Å². The molecule has 0 fully saturated rings. The molecule has 132 valence electrons. The van der Waals surface area contributed by atoms with E-state index < -0.39 is 0 Å². The highest BCUT2D eigenvalue weighted by molar-refractivity contribution is 6.30. The van der Waals surface area contributed by atoms with Gasteiger partial charge in [-0.25, -0.2) is 0 Å². The van der Waals surface area contributed by atoms with E-state index in [0.717, 1.165) is 11.3 Å². The Morgan fingerprint density at radius 3 is 2.46 bits per heavy atom. The quantitative estimate of drug-likeness (QED) is 0.606. The lowest BCUT2D eigenvalue weighted by Crippen LogP contribution is -2.22. The highest BCUT2D eigenvalue weighted by Gasteiger charge is 2.09. The number of carbonyl (C=O) groups is 1. The second kappa shape index (κ2) is 8.41. The van der Waals surface area contributed by atoms with Gasteiger partial charge in [0.15, 0.2) is 5.75 Å². The molecule has 0 aliphatic carbocycles. The zero-order valence-electron chi connectivity index (χ0n) is 14.3. The summed E-state index contributed by atoms with van der Waals surface area (Å²) in [5, 5.41) is 6.67. The number of aryl methyl sites for hydroxylation is 1. The van der Waals surface area contributed by atoms with Gasteiger partial charge in [-0.3, -0.25) is 4.79 Å². The van der Waals surface area contributed by atoms with E-state index in [4.69, 9.17) is 16.3 Å². The molecular formula is C21H19ClN2O2. The van der Waals surface area contributed by atoms with Gasteiger partial charge >= 0.3 is 0 Å². The SMILES string of the molecule is Cc1cc(Cl)ccc1NCC(=O)Nc1ccccc1Oc1ccccc1. The highest BCUT2D eigenvalue weighted by Crippen LogP contribution is 2.29. The van der Waals surface area contributed by atoms with Crippen LogP contribution in [-0.4, -0.2) is 12.5 Å². The molecule has 2 N–H and O–H groups in total. The van der Waals surface area contributed by atoms with Crippen molar-refractivity contribution in [3.8, 4) is 11.5 Å². The Bertz CT molecular complexity index is 898. The molecule has 5 heteroatoms. The monoisotopic (exact) mass is 366 g/mol. The van der Waals surface area contributed by atoms with Gasteiger partial charge in [0.2, 0.25) is 5.91 Å². The summed E-state index contributed by atoms with van der Waals surface area (Å²) in [5.74, 6) is 1.14. The third kappa shape index (κ3) is 4.77. The first kappa shape index (κ1) is 17.8. The first-order chi connectivity index (χ1) is 12.6. The lowest BCUT2D eigenvalue weighted by molar-refractivity contribution is -0.114. The van der Waals surface area contributed by atoms with Crippen molar-refractivity contribution in [3.63, 3.8) is 0 Å². The molecule has 0 radical (unpaired) electrons. The third-order valence-electron chi connectivity index (χ3n) is 3.76. The summed E-state index contributed by atoms with van der Waals surface area (Å²) in [4.78, 5) is 12.3. The first-order valence-corrected chi connectivity index (χ1v) is 8.61. The molecule has 0 aliphatic rings. The van der Waals surface area contributed by atoms with Crippen molar-refractivity contribution in [2.45, 2.75) is 6.92 Å². The second-order valence-electron chi connectivity index (χ2n) is 5.77. The van der Waals surface area contributed by atoms with E-state index in [9.17, 15) is 4.79 Å². The number of anilines is 2. The summed E-state index contributed by atoms with van der Waals surface area (Å²) in [6.45, 7) is 2.08. The number of halogens is 1. The molecule has 0 saturated carbocycles. The summed E-state index contributed by atoms with van der Waals surface area (Å²) < 4.78 is 5.86. The van der Waals surface area contributed by atoms with Crippen molar-refractivity contribution in [1.29, 1.82) is 0 Å². The normalized spacial score (nSPS) is 10.2. The minimum absolute atomic E-state index is 0.141. The predicted molar refractivity (Wildman–Crippen MR) is 106 cm³/mol. The van der Waals surface area contributed by atoms with Gasteiger partial charge in [0.25, 0.3) is 0 Å². The van der Waals surface area contributed by atoms with E-state index in [1.165, 1.54) is 0 Å². The van der Waals surface area contributed by atoms with Gasteiger partial charge in [-0.15, -0.1) is 0 Å². The summed E-state index contributed by atoms with van der Waals surface area (Å²) in [6.07, 6.45) is 0. The topological polar surface area (TPSA) is 50.4 Å². The maximum Gasteiger partial charge on any atom is 0.243 e. The fourth-order valence-corrected chi connectivity index (χ4v) is 2.70. The lowest BCUT2D eigenvalue weighted by Gasteiger charge is -2.13. The Balaban J connectivity index is 1.64. The first-order valence-electron chi connectivity index (χ1n) is 8.23. The van der Waals surface area contributed by atoms with Crippen LogP contribution in [0.2, 0.25) is 5.02 Å². The van der Waals surface area contributed by atoms with Gasteiger partial charge in [-0.2, -0.15) is 0 Å². The number of benzene rings is 3. The van der Waals surface area contributed by atoms with Gasteiger partial charge in [0, 0.05) is 10.7 Å². The number of rotatable bonds is 6. The Morgan fingerprint density at radius 2 is 1.69 bits per heavy atom. The summed E-state index contributed by atoms with van der Waals surface area (Å²) in [5.41, 5.74) is 2.48. The summed E-state index contributed by atoms with van der Waals surface area (Å²) in [7, 11) is 0. The molecule has 1 amide bonds. The van der Waals surface area contributed by atoms with Crippen molar-refractivity contribution in [2.75, 3.05) is 17.2 Å². The fourth-order valence-electron chi connectivity index (χ4n) is 2.47. The molecule has 0 unspecified atom stereocenters. The standard InChI is InChI=1S/C21H19ClN2O2/c1-15-13-16(22)11-12-18(15)23-14-21(25)24-19-9-5-6-10-20(19)26-17-7-3-2-4-8-17/h2-13,23H,14H2,1H3,(H,24,25). The van der Waals surface area contributed by atoms with E-state index in [-0.39, 0.29) is 12.5 Å². The van der Waals surface area contributed by atoms with Crippen LogP contribution in [0.15, 0.2) is 72.8 Å². The van der Waals surface area contributed by atoms with E-state index in [0.29, 0.717) is 22.2 Å². The van der Waals surface area contributed by atoms with Crippen molar-refractivity contribution in [1.82, 2.24) is 0 Å². The number of amides is 1. The van der Waals surface area contributed by atoms with Gasteiger partial charge < -0.3 is 15.4 Å². The highest BCUT2D eigenvalue weighted by atomic mass is 35.5. The van der Waals surface area contributed by atoms with E-state index >= 15 is 0 Å². The molecule has 0 saturated heterocycles. The molecular weight excluding hydrogens is 348 g/mol. The van der Waals surface area contributed by atoms with Crippen LogP contribution < -0.4 is 15.4 Å². The van der Waals surface area contributed by atoms with E-state index in [1.54, 1.807) is 6.07 Å². The number of carbonyl (C=O) groups excluding carboxylic acids is 1. The Morgan fingerprint density at radius 1 is 0.962 bits per heavy atom. The van der Waals surface area contributed by atoms with Gasteiger partial charge in [-0.1, -0.05) is 41.9 Å². The Kier molecular flexibility index (Phi) is 5.77. The van der Waals surface area contributed by atoms with Gasteiger partial charge in [0.05, 0.1) is 12.2 Å². The smallest absolute Gasteiger partial charge is 0.243 e. The number of hydrogen-bond acceptors (Lipinski definition) is 3. The molecule has 26 heavy (non-hydrogen) atoms. The maximum absolute atomic E-state index is 12.3. The molecule has 0 spiro atoms. The van der Waals surface area contributed by atoms with E-state index in [1.807, 2.05) is 73.7 Å². The number of ether oxygens (including phenoxy) is 1. The van der Waals surface area contributed by atoms with Crippen LogP contribution in [0.25, 0.3) is 0 Å². The van der Waals surface area contributed by atoms with Crippen molar-refractivity contribution in [2.24, 2.45) is 0 Å². The van der Waals surface area contributed by atoms with Gasteiger partial charge in [0.1, 0.15) is 5.75 Å². The Labute approximate surface area is 157 Å². The third-order valence-corrected chi connectivity index (χ3v) is 4.00. The largest absolute Gasteiger partial charge is 0.455 e. The number of nitrogens with one attached hydrogen (secondary N) is 2. The lowest BCUT2D eigenvalue weighted by atomic mass is 10.2. The molecule has 0 aromatic heterocycles. The zero-order chi connectivity index (χ0) is 18.4. The van der Waals surface area contributed by atoms with Crippen molar-refractivity contribution < 1.29 is 9.53 Å². The fraction of sp³-hybridized carbons (Fsp3) is 0.0952. The van der Waals surface area contributed by atoms with Crippen LogP contribution in [0.1, 0.15) is 5.56 Å². The average Bonchev–Trinajstić information content (AvgIpc) is 2.63. The minimum atomic E-state index is -0.163. The molecule has 0 bridgehead atoms. The molecule has 3 rings (SSSR count). The second-order valence-corrected chi connectivity index (χ2v) is 6.21. The molecule has 4 nitrogen and oxygen atoms in total. The van der Waals surface area contributed by atoms with Crippen LogP contribution >= 0.6 is 11.6 Å². The number of para-hydroxylation sites is 3. The van der Waals surface area contributed by atoms with Gasteiger partial charge in [-0.05, 0) is 55.0 Å².